The van der Waals surface area contributed by atoms with E-state index in [9.17, 15) is 19.5 Å². The fourth-order valence-corrected chi connectivity index (χ4v) is 7.55. The quantitative estimate of drug-likeness (QED) is 0.275. The number of aliphatic carboxylic acids is 1. The van der Waals surface area contributed by atoms with E-state index in [0.29, 0.717) is 68.3 Å². The molecule has 0 bridgehead atoms. The molecule has 1 unspecified atom stereocenters. The molecule has 6 rings (SSSR count). The molecule has 2 amide bonds. The van der Waals surface area contributed by atoms with Gasteiger partial charge in [-0.2, -0.15) is 0 Å². The van der Waals surface area contributed by atoms with Crippen molar-refractivity contribution in [2.45, 2.75) is 75.5 Å². The van der Waals surface area contributed by atoms with Crippen molar-refractivity contribution in [3.63, 3.8) is 0 Å². The van der Waals surface area contributed by atoms with Crippen LogP contribution in [0.5, 0.6) is 0 Å². The number of carbonyl (C=O) groups is 3. The molecule has 3 aliphatic rings. The van der Waals surface area contributed by atoms with E-state index < -0.39 is 23.9 Å². The first kappa shape index (κ1) is 34.3. The average Bonchev–Trinajstić information content (AvgIpc) is 3.84. The van der Waals surface area contributed by atoms with Crippen LogP contribution in [-0.4, -0.2) is 97.1 Å². The van der Waals surface area contributed by atoms with E-state index in [2.05, 4.69) is 10.2 Å². The van der Waals surface area contributed by atoms with Gasteiger partial charge < -0.3 is 34.0 Å². The monoisotopic (exact) mass is 685 g/mol. The minimum atomic E-state index is -0.780. The van der Waals surface area contributed by atoms with Crippen LogP contribution in [0.4, 0.5) is 10.1 Å². The number of carbonyl (C=O) groups excluding carboxylic acids is 2. The maximum atomic E-state index is 15.5. The van der Waals surface area contributed by atoms with Crippen molar-refractivity contribution in [2.24, 2.45) is 5.92 Å². The molecular weight excluding hydrogens is 645 g/mol. The van der Waals surface area contributed by atoms with Gasteiger partial charge in [-0.1, -0.05) is 29.8 Å². The second kappa shape index (κ2) is 14.9. The van der Waals surface area contributed by atoms with Gasteiger partial charge in [0.05, 0.1) is 53.0 Å². The lowest BCUT2D eigenvalue weighted by Crippen LogP contribution is -2.53. The summed E-state index contributed by atoms with van der Waals surface area (Å²) in [6, 6.07) is 9.29. The predicted molar refractivity (Wildman–Crippen MR) is 175 cm³/mol. The van der Waals surface area contributed by atoms with Crippen LogP contribution in [0.25, 0.3) is 11.0 Å². The normalized spacial score (nSPS) is 25.4. The smallest absolute Gasteiger partial charge is 0.306 e. The summed E-state index contributed by atoms with van der Waals surface area (Å²) in [6.45, 7) is 1.59. The summed E-state index contributed by atoms with van der Waals surface area (Å²) >= 11 is 6.51. The predicted octanol–water partition coefficient (Wildman–Crippen LogP) is 5.34. The Bertz CT molecular complexity index is 1630. The van der Waals surface area contributed by atoms with Crippen LogP contribution in [0.3, 0.4) is 0 Å². The molecular formula is C35H41ClFN3O8. The number of para-hydroxylation sites is 1. The molecule has 2 saturated heterocycles. The van der Waals surface area contributed by atoms with Crippen LogP contribution >= 0.6 is 11.6 Å². The first-order valence-corrected chi connectivity index (χ1v) is 16.8. The summed E-state index contributed by atoms with van der Waals surface area (Å²) in [6.07, 6.45) is 3.93. The van der Waals surface area contributed by atoms with Crippen molar-refractivity contribution in [3.8, 4) is 0 Å². The molecule has 3 heterocycles. The van der Waals surface area contributed by atoms with Crippen molar-refractivity contribution in [2.75, 3.05) is 39.2 Å². The number of ether oxygens (including phenoxy) is 3. The summed E-state index contributed by atoms with van der Waals surface area (Å²) in [5.41, 5.74) is 1.04. The largest absolute Gasteiger partial charge is 0.481 e. The number of fused-ring (bicyclic) bond motifs is 1. The van der Waals surface area contributed by atoms with Gasteiger partial charge in [0.1, 0.15) is 23.9 Å². The zero-order valence-electron chi connectivity index (χ0n) is 27.0. The third-order valence-electron chi connectivity index (χ3n) is 9.96. The number of hydrogen-bond acceptors (Lipinski definition) is 8. The Balaban J connectivity index is 1.16. The minimum Gasteiger partial charge on any atom is -0.481 e. The highest BCUT2D eigenvalue weighted by Crippen LogP contribution is 2.34. The Morgan fingerprint density at radius 2 is 1.77 bits per heavy atom. The SMILES string of the molecule is CO[C@H]1CN(C(O[C@H]2CC[C@H](C(=O)O)CC2)[C@@H]2CCCN2C(=O)Cc2cc(Cl)c(NC(=O)c3coc4ccccc34)cc2F)C[C@H]1OC. The number of furan rings is 1. The van der Waals surface area contributed by atoms with Crippen LogP contribution in [0.1, 0.15) is 54.4 Å². The molecule has 0 spiro atoms. The van der Waals surface area contributed by atoms with Crippen LogP contribution in [0, 0.1) is 11.7 Å². The number of hydrogen-bond donors (Lipinski definition) is 2. The Kier molecular flexibility index (Phi) is 10.7. The van der Waals surface area contributed by atoms with Gasteiger partial charge in [0.15, 0.2) is 0 Å². The molecule has 3 aromatic rings. The number of nitrogens with zero attached hydrogens (tertiary/aromatic N) is 2. The zero-order valence-corrected chi connectivity index (χ0v) is 27.8. The van der Waals surface area contributed by atoms with Gasteiger partial charge in [0, 0.05) is 39.2 Å². The topological polar surface area (TPSA) is 131 Å². The molecule has 48 heavy (non-hydrogen) atoms. The van der Waals surface area contributed by atoms with Crippen LogP contribution in [0.2, 0.25) is 5.02 Å². The minimum absolute atomic E-state index is 0.0835. The summed E-state index contributed by atoms with van der Waals surface area (Å²) < 4.78 is 39.1. The number of halogens is 2. The highest BCUT2D eigenvalue weighted by atomic mass is 35.5. The number of methoxy groups -OCH3 is 2. The van der Waals surface area contributed by atoms with E-state index in [1.165, 1.54) is 12.3 Å². The molecule has 2 aliphatic heterocycles. The van der Waals surface area contributed by atoms with Crippen molar-refractivity contribution in [1.82, 2.24) is 9.80 Å². The second-order valence-electron chi connectivity index (χ2n) is 12.8. The first-order chi connectivity index (χ1) is 23.2. The van der Waals surface area contributed by atoms with E-state index in [0.717, 1.165) is 12.5 Å². The molecule has 0 radical (unpaired) electrons. The Morgan fingerprint density at radius 3 is 2.46 bits per heavy atom. The molecule has 1 aliphatic carbocycles. The van der Waals surface area contributed by atoms with Crippen molar-refractivity contribution in [3.05, 3.63) is 64.6 Å². The number of amides is 2. The van der Waals surface area contributed by atoms with Crippen molar-refractivity contribution in [1.29, 1.82) is 0 Å². The van der Waals surface area contributed by atoms with Gasteiger partial charge in [-0.25, -0.2) is 4.39 Å². The van der Waals surface area contributed by atoms with Crippen molar-refractivity contribution < 1.29 is 42.5 Å². The van der Waals surface area contributed by atoms with Gasteiger partial charge >= 0.3 is 5.97 Å². The number of carboxylic acids is 1. The second-order valence-corrected chi connectivity index (χ2v) is 13.2. The Morgan fingerprint density at radius 1 is 1.06 bits per heavy atom. The van der Waals surface area contributed by atoms with Gasteiger partial charge in [0.25, 0.3) is 5.91 Å². The standard InChI is InChI=1S/C35H41ClFN3O8/c1-45-30-17-39(18-31(30)46-2)34(48-22-11-9-20(10-12-22)35(43)44)28-7-5-13-40(28)32(41)15-21-14-25(36)27(16-26(21)37)38-33(42)24-19-47-29-8-4-3-6-23(24)29/h3-4,6,8,14,16,19-20,22,28,30-31,34H,5,7,9-13,15,17-18H2,1-2H3,(H,38,42)(H,43,44)/t20-,22-,28-,30-,31+,34?/m0/s1. The molecule has 13 heteroatoms. The molecule has 11 nitrogen and oxygen atoms in total. The summed E-state index contributed by atoms with van der Waals surface area (Å²) in [5, 5.41) is 12.8. The number of anilines is 1. The average molecular weight is 686 g/mol. The summed E-state index contributed by atoms with van der Waals surface area (Å²) in [4.78, 5) is 42.3. The number of rotatable bonds is 11. The number of likely N-dealkylation sites (tertiary alicyclic amines) is 2. The molecule has 2 N–H and O–H groups in total. The third kappa shape index (κ3) is 7.23. The maximum absolute atomic E-state index is 15.5. The third-order valence-corrected chi connectivity index (χ3v) is 10.3. The summed E-state index contributed by atoms with van der Waals surface area (Å²) in [7, 11) is 3.29. The lowest BCUT2D eigenvalue weighted by Gasteiger charge is -2.40. The lowest BCUT2D eigenvalue weighted by molar-refractivity contribution is -0.158. The van der Waals surface area contributed by atoms with Crippen LogP contribution in [-0.2, 0) is 30.2 Å². The van der Waals surface area contributed by atoms with E-state index >= 15 is 4.39 Å². The number of nitrogens with one attached hydrogen (secondary N) is 1. The van der Waals surface area contributed by atoms with E-state index in [1.807, 2.05) is 0 Å². The Labute approximate surface area is 283 Å². The molecule has 2 aromatic carbocycles. The summed E-state index contributed by atoms with van der Waals surface area (Å²) in [5.74, 6) is -2.58. The van der Waals surface area contributed by atoms with E-state index in [-0.39, 0.29) is 58.9 Å². The lowest BCUT2D eigenvalue weighted by atomic mass is 9.87. The molecule has 258 valence electrons. The van der Waals surface area contributed by atoms with Gasteiger partial charge in [0.2, 0.25) is 5.91 Å². The van der Waals surface area contributed by atoms with Crippen molar-refractivity contribution >= 4 is 46.0 Å². The molecule has 1 saturated carbocycles. The first-order valence-electron chi connectivity index (χ1n) is 16.4. The van der Waals surface area contributed by atoms with Gasteiger partial charge in [-0.15, -0.1) is 0 Å². The van der Waals surface area contributed by atoms with E-state index in [1.54, 1.807) is 43.4 Å². The number of carboxylic acid groups (broad SMARTS) is 1. The van der Waals surface area contributed by atoms with Crippen LogP contribution in [0.15, 0.2) is 47.1 Å². The van der Waals surface area contributed by atoms with Crippen LogP contribution < -0.4 is 5.32 Å². The Hall–Kier alpha value is -3.55. The number of benzene rings is 2. The fourth-order valence-electron chi connectivity index (χ4n) is 7.32. The highest BCUT2D eigenvalue weighted by Gasteiger charge is 2.45. The zero-order chi connectivity index (χ0) is 33.9. The van der Waals surface area contributed by atoms with Gasteiger partial charge in [-0.05, 0) is 62.3 Å². The maximum Gasteiger partial charge on any atom is 0.306 e. The molecule has 1 aromatic heterocycles. The highest BCUT2D eigenvalue weighted by molar-refractivity contribution is 6.34. The fraction of sp³-hybridized carbons (Fsp3) is 0.514. The van der Waals surface area contributed by atoms with E-state index in [4.69, 9.17) is 30.2 Å². The van der Waals surface area contributed by atoms with Gasteiger partial charge in [-0.3, -0.25) is 19.3 Å². The molecule has 4 atom stereocenters. The molecule has 3 fully saturated rings.